The fraction of sp³-hybridized carbons (Fsp3) is 0.895. The van der Waals surface area contributed by atoms with Crippen molar-refractivity contribution in [3.05, 3.63) is 0 Å². The zero-order valence-corrected chi connectivity index (χ0v) is 32.8. The van der Waals surface area contributed by atoms with E-state index >= 15 is 0 Å². The fourth-order valence-electron chi connectivity index (χ4n) is 5.29. The number of hydrogen-bond acceptors (Lipinski definition) is 14. The molecule has 52 heavy (non-hydrogen) atoms. The van der Waals surface area contributed by atoms with Crippen molar-refractivity contribution < 1.29 is 43.2 Å². The average Bonchev–Trinajstić information content (AvgIpc) is 3.12. The number of aliphatic hydroxyl groups is 1. The van der Waals surface area contributed by atoms with E-state index in [9.17, 15) is 24.3 Å². The fourth-order valence-corrected chi connectivity index (χ4v) is 5.29. The predicted molar refractivity (Wildman–Crippen MR) is 204 cm³/mol. The van der Waals surface area contributed by atoms with Gasteiger partial charge in [0.15, 0.2) is 5.78 Å². The second kappa shape index (κ2) is 35.8. The van der Waals surface area contributed by atoms with Gasteiger partial charge in [-0.1, -0.05) is 0 Å². The van der Waals surface area contributed by atoms with Crippen LogP contribution in [0.15, 0.2) is 0 Å². The molecule has 0 aliphatic heterocycles. The number of nitrogens with two attached hydrogens (primary N) is 2. The minimum Gasteiger partial charge on any atom is -0.466 e. The first-order valence-corrected chi connectivity index (χ1v) is 19.9. The molecule has 0 aliphatic carbocycles. The van der Waals surface area contributed by atoms with Gasteiger partial charge in [-0.15, -0.1) is 0 Å². The van der Waals surface area contributed by atoms with Crippen LogP contribution in [0.2, 0.25) is 0 Å². The molecule has 0 aromatic heterocycles. The molecule has 0 amide bonds. The van der Waals surface area contributed by atoms with E-state index in [0.29, 0.717) is 123 Å². The number of ketones is 1. The van der Waals surface area contributed by atoms with E-state index in [1.165, 1.54) is 0 Å². The lowest BCUT2D eigenvalue weighted by atomic mass is 10.1. The standard InChI is InChI=1S/C38H75N5O9/c1-32(14-12-20-39)41-22-16-36(46)50-29-9-4-8-28-49-34(3)35(45)18-25-43(24-6-7-27-44)26-19-38(48)52-31-11-5-10-30-51-37(47)17-23-42-33(2)15-13-21-40/h32-34,41-42,44H,4-31,39-40H2,1-3H3. The number of unbranched alkanes of at least 4 members (excludes halogenated alkanes) is 5. The first-order chi connectivity index (χ1) is 25.1. The molecule has 7 N–H and O–H groups in total. The Hall–Kier alpha value is -2.20. The van der Waals surface area contributed by atoms with E-state index in [1.807, 2.05) is 0 Å². The predicted octanol–water partition coefficient (Wildman–Crippen LogP) is 3.00. The summed E-state index contributed by atoms with van der Waals surface area (Å²) in [5, 5.41) is 15.8. The molecule has 14 nitrogen and oxygen atoms in total. The third-order valence-electron chi connectivity index (χ3n) is 8.70. The maximum Gasteiger partial charge on any atom is 0.307 e. The topological polar surface area (TPSA) is 205 Å². The highest BCUT2D eigenvalue weighted by molar-refractivity contribution is 5.82. The van der Waals surface area contributed by atoms with Crippen molar-refractivity contribution in [1.29, 1.82) is 0 Å². The Balaban J connectivity index is 4.05. The van der Waals surface area contributed by atoms with Crippen molar-refractivity contribution >= 4 is 23.7 Å². The third kappa shape index (κ3) is 32.5. The maximum atomic E-state index is 12.7. The number of esters is 3. The number of Topliss-reactive ketones (excluding diaryl/α,β-unsaturated/α-hetero) is 1. The van der Waals surface area contributed by atoms with Crippen LogP contribution in [0.25, 0.3) is 0 Å². The number of hydrogen-bond donors (Lipinski definition) is 5. The van der Waals surface area contributed by atoms with Crippen LogP contribution in [0.1, 0.15) is 124 Å². The highest BCUT2D eigenvalue weighted by atomic mass is 16.5. The molecule has 0 spiro atoms. The second-order valence-corrected chi connectivity index (χ2v) is 13.6. The molecule has 3 atom stereocenters. The molecule has 0 aliphatic rings. The molecular formula is C38H75N5O9. The van der Waals surface area contributed by atoms with Gasteiger partial charge < -0.3 is 51.1 Å². The Kier molecular flexibility index (Phi) is 34.3. The van der Waals surface area contributed by atoms with Crippen molar-refractivity contribution in [1.82, 2.24) is 15.5 Å². The van der Waals surface area contributed by atoms with Crippen LogP contribution in [0.5, 0.6) is 0 Å². The largest absolute Gasteiger partial charge is 0.466 e. The van der Waals surface area contributed by atoms with E-state index in [2.05, 4.69) is 29.4 Å². The Morgan fingerprint density at radius 2 is 1.04 bits per heavy atom. The minimum atomic E-state index is -0.525. The molecule has 306 valence electrons. The summed E-state index contributed by atoms with van der Waals surface area (Å²) in [4.78, 5) is 50.9. The zero-order chi connectivity index (χ0) is 38.7. The summed E-state index contributed by atoms with van der Waals surface area (Å²) in [6, 6.07) is 0.656. The molecule has 3 unspecified atom stereocenters. The van der Waals surface area contributed by atoms with Gasteiger partial charge in [-0.25, -0.2) is 0 Å². The maximum absolute atomic E-state index is 12.7. The SMILES string of the molecule is CC(CCCN)NCCC(=O)OCCCCCOC(=O)CCN(CCCCO)CCC(=O)C(C)OCCCCCOC(=O)CCNC(C)CCCN. The lowest BCUT2D eigenvalue weighted by molar-refractivity contribution is -0.145. The first kappa shape index (κ1) is 49.8. The van der Waals surface area contributed by atoms with Crippen LogP contribution in [0, 0.1) is 0 Å². The number of carbonyl (C=O) groups excluding carboxylic acids is 4. The normalized spacial score (nSPS) is 13.1. The number of nitrogens with zero attached hydrogens (tertiary/aromatic N) is 1. The molecule has 0 rings (SSSR count). The molecule has 0 saturated heterocycles. The quantitative estimate of drug-likeness (QED) is 0.0350. The molecule has 0 aromatic carbocycles. The lowest BCUT2D eigenvalue weighted by Crippen LogP contribution is -2.32. The van der Waals surface area contributed by atoms with E-state index in [1.54, 1.807) is 6.92 Å². The Labute approximate surface area is 314 Å². The average molecular weight is 746 g/mol. The van der Waals surface area contributed by atoms with Crippen LogP contribution in [-0.2, 0) is 38.1 Å². The van der Waals surface area contributed by atoms with E-state index in [4.69, 9.17) is 30.4 Å². The molecule has 0 bridgehead atoms. The molecule has 0 aromatic rings. The smallest absolute Gasteiger partial charge is 0.307 e. The molecular weight excluding hydrogens is 670 g/mol. The van der Waals surface area contributed by atoms with Crippen LogP contribution >= 0.6 is 0 Å². The van der Waals surface area contributed by atoms with Crippen molar-refractivity contribution in [2.24, 2.45) is 11.5 Å². The summed E-state index contributed by atoms with van der Waals surface area (Å²) in [6.07, 6.45) is 10.5. The Morgan fingerprint density at radius 1 is 0.577 bits per heavy atom. The highest BCUT2D eigenvalue weighted by Gasteiger charge is 2.16. The summed E-state index contributed by atoms with van der Waals surface area (Å²) in [7, 11) is 0. The van der Waals surface area contributed by atoms with Gasteiger partial charge in [0.25, 0.3) is 0 Å². The van der Waals surface area contributed by atoms with Crippen molar-refractivity contribution in [2.45, 2.75) is 142 Å². The Bertz CT molecular complexity index is 899. The number of aliphatic hydroxyl groups excluding tert-OH is 1. The van der Waals surface area contributed by atoms with Crippen molar-refractivity contribution in [3.8, 4) is 0 Å². The highest BCUT2D eigenvalue weighted by Crippen LogP contribution is 2.07. The van der Waals surface area contributed by atoms with Crippen molar-refractivity contribution in [3.63, 3.8) is 0 Å². The zero-order valence-electron chi connectivity index (χ0n) is 32.8. The van der Waals surface area contributed by atoms with Crippen molar-refractivity contribution in [2.75, 3.05) is 78.8 Å². The second-order valence-electron chi connectivity index (χ2n) is 13.6. The lowest BCUT2D eigenvalue weighted by Gasteiger charge is -2.22. The summed E-state index contributed by atoms with van der Waals surface area (Å²) >= 11 is 0. The molecule has 14 heteroatoms. The van der Waals surface area contributed by atoms with Crippen LogP contribution < -0.4 is 22.1 Å². The molecule has 0 heterocycles. The molecule has 0 fully saturated rings. The van der Waals surface area contributed by atoms with Crippen LogP contribution in [-0.4, -0.2) is 131 Å². The molecule has 0 saturated carbocycles. The summed E-state index contributed by atoms with van der Waals surface area (Å²) in [5.74, 6) is -0.705. The third-order valence-corrected chi connectivity index (χ3v) is 8.70. The monoisotopic (exact) mass is 746 g/mol. The number of rotatable bonds is 38. The number of nitrogens with one attached hydrogen (secondary N) is 2. The number of carbonyl (C=O) groups is 4. The summed E-state index contributed by atoms with van der Waals surface area (Å²) in [6.45, 7) is 11.7. The number of ether oxygens (including phenoxy) is 4. The minimum absolute atomic E-state index is 0.00453. The van der Waals surface area contributed by atoms with Gasteiger partial charge in [-0.3, -0.25) is 19.2 Å². The molecule has 0 radical (unpaired) electrons. The van der Waals surface area contributed by atoms with E-state index in [0.717, 1.165) is 57.8 Å². The van der Waals surface area contributed by atoms with Gasteiger partial charge in [0.1, 0.15) is 6.10 Å². The van der Waals surface area contributed by atoms with Gasteiger partial charge >= 0.3 is 17.9 Å². The van der Waals surface area contributed by atoms with Gasteiger partial charge in [0.05, 0.1) is 39.1 Å². The van der Waals surface area contributed by atoms with Crippen LogP contribution in [0.4, 0.5) is 0 Å². The summed E-state index contributed by atoms with van der Waals surface area (Å²) in [5.41, 5.74) is 11.0. The van der Waals surface area contributed by atoms with E-state index < -0.39 is 6.10 Å². The Morgan fingerprint density at radius 3 is 1.52 bits per heavy atom. The first-order valence-electron chi connectivity index (χ1n) is 19.9. The van der Waals surface area contributed by atoms with E-state index in [-0.39, 0.29) is 36.7 Å². The van der Waals surface area contributed by atoms with Gasteiger partial charge in [-0.05, 0) is 117 Å². The summed E-state index contributed by atoms with van der Waals surface area (Å²) < 4.78 is 21.7. The van der Waals surface area contributed by atoms with Gasteiger partial charge in [-0.2, -0.15) is 0 Å². The van der Waals surface area contributed by atoms with Gasteiger partial charge in [0.2, 0.25) is 0 Å². The van der Waals surface area contributed by atoms with Crippen LogP contribution in [0.3, 0.4) is 0 Å². The van der Waals surface area contributed by atoms with Gasteiger partial charge in [0, 0.05) is 57.9 Å².